The van der Waals surface area contributed by atoms with Crippen molar-refractivity contribution in [1.82, 2.24) is 0 Å². The van der Waals surface area contributed by atoms with Crippen LogP contribution in [0.15, 0.2) is 45.5 Å². The number of nitrogens with zero attached hydrogens (tertiary/aromatic N) is 2. The van der Waals surface area contributed by atoms with E-state index in [4.69, 9.17) is 9.68 Å². The van der Waals surface area contributed by atoms with Gasteiger partial charge in [-0.3, -0.25) is 10.1 Å². The van der Waals surface area contributed by atoms with Gasteiger partial charge >= 0.3 is 0 Å². The van der Waals surface area contributed by atoms with Gasteiger partial charge in [-0.2, -0.15) is 5.26 Å². The van der Waals surface area contributed by atoms with Crippen LogP contribution in [0, 0.1) is 21.4 Å². The fourth-order valence-corrected chi connectivity index (χ4v) is 1.83. The number of allylic oxidation sites excluding steroid dienone is 1. The molecule has 0 unspecified atom stereocenters. The molecular weight excluding hydrogens is 312 g/mol. The van der Waals surface area contributed by atoms with E-state index in [0.29, 0.717) is 21.6 Å². The number of halogens is 1. The summed E-state index contributed by atoms with van der Waals surface area (Å²) in [6.45, 7) is 0. The molecule has 0 radical (unpaired) electrons. The molecule has 2 rings (SSSR count). The molecule has 0 aliphatic heterocycles. The standard InChI is InChI=1S/C13H7BrN2O3/c14-13-5-4-12(19-13)7-10(8-15)9-2-1-3-11(6-9)16(17)18/h1-7H. The summed E-state index contributed by atoms with van der Waals surface area (Å²) < 4.78 is 5.82. The van der Waals surface area contributed by atoms with Crippen LogP contribution in [0.3, 0.4) is 0 Å². The molecular formula is C13H7BrN2O3. The van der Waals surface area contributed by atoms with Crippen molar-refractivity contribution in [2.24, 2.45) is 0 Å². The lowest BCUT2D eigenvalue weighted by Gasteiger charge is -1.98. The largest absolute Gasteiger partial charge is 0.450 e. The van der Waals surface area contributed by atoms with Crippen LogP contribution in [0.4, 0.5) is 5.69 Å². The first-order valence-corrected chi connectivity index (χ1v) is 6.01. The molecule has 0 spiro atoms. The third-order valence-electron chi connectivity index (χ3n) is 2.37. The minimum atomic E-state index is -0.498. The molecule has 0 amide bonds. The van der Waals surface area contributed by atoms with E-state index in [1.807, 2.05) is 6.07 Å². The quantitative estimate of drug-likeness (QED) is 0.486. The Hall–Kier alpha value is -2.39. The summed E-state index contributed by atoms with van der Waals surface area (Å²) >= 11 is 3.16. The molecule has 5 nitrogen and oxygen atoms in total. The molecule has 1 aromatic carbocycles. The summed E-state index contributed by atoms with van der Waals surface area (Å²) in [6.07, 6.45) is 1.53. The second-order valence-corrected chi connectivity index (χ2v) is 4.40. The number of nitriles is 1. The summed E-state index contributed by atoms with van der Waals surface area (Å²) in [5.74, 6) is 0.495. The van der Waals surface area contributed by atoms with Crippen molar-refractivity contribution in [3.63, 3.8) is 0 Å². The third-order valence-corrected chi connectivity index (χ3v) is 2.80. The maximum absolute atomic E-state index is 10.7. The van der Waals surface area contributed by atoms with E-state index in [2.05, 4.69) is 15.9 Å². The van der Waals surface area contributed by atoms with Crippen molar-refractivity contribution in [3.8, 4) is 6.07 Å². The molecule has 1 heterocycles. The lowest BCUT2D eigenvalue weighted by atomic mass is 10.1. The van der Waals surface area contributed by atoms with Crippen LogP contribution >= 0.6 is 15.9 Å². The molecule has 0 aliphatic carbocycles. The van der Waals surface area contributed by atoms with Gasteiger partial charge in [-0.05, 0) is 39.7 Å². The molecule has 19 heavy (non-hydrogen) atoms. The molecule has 0 bridgehead atoms. The third kappa shape index (κ3) is 3.09. The van der Waals surface area contributed by atoms with Crippen LogP contribution in [-0.4, -0.2) is 4.92 Å². The Balaban J connectivity index is 2.43. The zero-order valence-electron chi connectivity index (χ0n) is 9.54. The number of hydrogen-bond acceptors (Lipinski definition) is 4. The molecule has 0 N–H and O–H groups in total. The highest BCUT2D eigenvalue weighted by Gasteiger charge is 2.09. The molecule has 0 saturated carbocycles. The van der Waals surface area contributed by atoms with Gasteiger partial charge in [-0.1, -0.05) is 12.1 Å². The first-order chi connectivity index (χ1) is 9.10. The zero-order chi connectivity index (χ0) is 13.8. The van der Waals surface area contributed by atoms with Gasteiger partial charge in [0.2, 0.25) is 0 Å². The van der Waals surface area contributed by atoms with E-state index in [1.165, 1.54) is 24.3 Å². The number of non-ortho nitro benzene ring substituents is 1. The lowest BCUT2D eigenvalue weighted by Crippen LogP contribution is -1.89. The van der Waals surface area contributed by atoms with Crippen molar-refractivity contribution in [1.29, 1.82) is 5.26 Å². The van der Waals surface area contributed by atoms with Gasteiger partial charge in [-0.25, -0.2) is 0 Å². The minimum Gasteiger partial charge on any atom is -0.450 e. The Morgan fingerprint density at radius 1 is 1.42 bits per heavy atom. The number of nitro groups is 1. The van der Waals surface area contributed by atoms with Crippen LogP contribution in [0.25, 0.3) is 11.6 Å². The minimum absolute atomic E-state index is 0.0562. The van der Waals surface area contributed by atoms with E-state index >= 15 is 0 Å². The molecule has 0 atom stereocenters. The van der Waals surface area contributed by atoms with Gasteiger partial charge in [-0.15, -0.1) is 0 Å². The fourth-order valence-electron chi connectivity index (χ4n) is 1.52. The molecule has 0 saturated heterocycles. The fraction of sp³-hybridized carbons (Fsp3) is 0. The Labute approximate surface area is 117 Å². The monoisotopic (exact) mass is 318 g/mol. The van der Waals surface area contributed by atoms with Gasteiger partial charge in [0, 0.05) is 12.1 Å². The number of benzene rings is 1. The van der Waals surface area contributed by atoms with Gasteiger partial charge < -0.3 is 4.42 Å². The van der Waals surface area contributed by atoms with Crippen molar-refractivity contribution < 1.29 is 9.34 Å². The van der Waals surface area contributed by atoms with Crippen molar-refractivity contribution >= 4 is 33.3 Å². The predicted molar refractivity (Wildman–Crippen MR) is 73.0 cm³/mol. The van der Waals surface area contributed by atoms with E-state index in [1.54, 1.807) is 18.2 Å². The molecule has 2 aromatic rings. The van der Waals surface area contributed by atoms with E-state index in [0.717, 1.165) is 0 Å². The predicted octanol–water partition coefficient (Wildman–Crippen LogP) is 4.01. The Bertz CT molecular complexity index is 698. The van der Waals surface area contributed by atoms with Gasteiger partial charge in [0.15, 0.2) is 4.67 Å². The van der Waals surface area contributed by atoms with Crippen LogP contribution < -0.4 is 0 Å². The summed E-state index contributed by atoms with van der Waals surface area (Å²) in [5.41, 5.74) is 0.717. The maximum atomic E-state index is 10.7. The maximum Gasteiger partial charge on any atom is 0.270 e. The molecule has 94 valence electrons. The molecule has 0 fully saturated rings. The second kappa shape index (κ2) is 5.50. The summed E-state index contributed by atoms with van der Waals surface area (Å²) in [5, 5.41) is 19.8. The Morgan fingerprint density at radius 3 is 2.79 bits per heavy atom. The highest BCUT2D eigenvalue weighted by Crippen LogP contribution is 2.23. The van der Waals surface area contributed by atoms with Crippen LogP contribution in [0.2, 0.25) is 0 Å². The average Bonchev–Trinajstić information content (AvgIpc) is 2.81. The first-order valence-electron chi connectivity index (χ1n) is 5.22. The lowest BCUT2D eigenvalue weighted by molar-refractivity contribution is -0.384. The zero-order valence-corrected chi connectivity index (χ0v) is 11.1. The summed E-state index contributed by atoms with van der Waals surface area (Å²) in [4.78, 5) is 10.2. The van der Waals surface area contributed by atoms with Gasteiger partial charge in [0.25, 0.3) is 5.69 Å². The Morgan fingerprint density at radius 2 is 2.21 bits per heavy atom. The van der Waals surface area contributed by atoms with Crippen LogP contribution in [-0.2, 0) is 0 Å². The number of furan rings is 1. The Kier molecular flexibility index (Phi) is 3.78. The van der Waals surface area contributed by atoms with Gasteiger partial charge in [0.1, 0.15) is 5.76 Å². The molecule has 6 heteroatoms. The molecule has 0 aliphatic rings. The average molecular weight is 319 g/mol. The number of hydrogen-bond donors (Lipinski definition) is 0. The SMILES string of the molecule is N#CC(=Cc1ccc(Br)o1)c1cccc([N+](=O)[O-])c1. The number of rotatable bonds is 3. The van der Waals surface area contributed by atoms with Crippen molar-refractivity contribution in [2.45, 2.75) is 0 Å². The van der Waals surface area contributed by atoms with Crippen LogP contribution in [0.1, 0.15) is 11.3 Å². The van der Waals surface area contributed by atoms with E-state index in [-0.39, 0.29) is 5.69 Å². The van der Waals surface area contributed by atoms with E-state index < -0.39 is 4.92 Å². The summed E-state index contributed by atoms with van der Waals surface area (Å²) in [6, 6.07) is 11.3. The molecule has 1 aromatic heterocycles. The van der Waals surface area contributed by atoms with E-state index in [9.17, 15) is 10.1 Å². The smallest absolute Gasteiger partial charge is 0.270 e. The summed E-state index contributed by atoms with van der Waals surface area (Å²) in [7, 11) is 0. The second-order valence-electron chi connectivity index (χ2n) is 3.62. The van der Waals surface area contributed by atoms with Crippen LogP contribution in [0.5, 0.6) is 0 Å². The van der Waals surface area contributed by atoms with Crippen molar-refractivity contribution in [3.05, 3.63) is 62.5 Å². The topological polar surface area (TPSA) is 80.1 Å². The highest BCUT2D eigenvalue weighted by molar-refractivity contribution is 9.10. The normalized spacial score (nSPS) is 11.1. The first kappa shape index (κ1) is 13.1. The number of nitro benzene ring substituents is 1. The van der Waals surface area contributed by atoms with Gasteiger partial charge in [0.05, 0.1) is 16.6 Å². The van der Waals surface area contributed by atoms with Crippen molar-refractivity contribution in [2.75, 3.05) is 0 Å². The highest BCUT2D eigenvalue weighted by atomic mass is 79.9.